The maximum absolute atomic E-state index is 9.75. The molecule has 1 heterocycles. The Morgan fingerprint density at radius 1 is 0.808 bits per heavy atom. The zero-order chi connectivity index (χ0) is 18.2. The smallest absolute Gasteiger partial charge is 0.121 e. The van der Waals surface area contributed by atoms with Gasteiger partial charge >= 0.3 is 0 Å². The minimum absolute atomic E-state index is 0.242. The minimum Gasteiger partial charge on any atom is -0.508 e. The zero-order valence-corrected chi connectivity index (χ0v) is 14.9. The monoisotopic (exact) mass is 346 g/mol. The molecule has 0 unspecified atom stereocenters. The van der Waals surface area contributed by atoms with Crippen LogP contribution in [0.25, 0.3) is 0 Å². The summed E-state index contributed by atoms with van der Waals surface area (Å²) in [5, 5.41) is 29.4. The molecule has 2 aromatic rings. The summed E-state index contributed by atoms with van der Waals surface area (Å²) in [5.74, 6) is 1.14. The average Bonchev–Trinajstić information content (AvgIpc) is 3.24. The first kappa shape index (κ1) is 15.6. The largest absolute Gasteiger partial charge is 0.508 e. The molecule has 4 heteroatoms. The molecule has 0 aromatic heterocycles. The van der Waals surface area contributed by atoms with Crippen LogP contribution in [-0.4, -0.2) is 10.2 Å². The van der Waals surface area contributed by atoms with E-state index in [9.17, 15) is 10.2 Å². The highest BCUT2D eigenvalue weighted by atomic mass is 16.3. The van der Waals surface area contributed by atoms with Crippen molar-refractivity contribution in [1.29, 1.82) is 0 Å². The molecule has 1 fully saturated rings. The van der Waals surface area contributed by atoms with Crippen LogP contribution in [-0.2, 0) is 11.1 Å². The van der Waals surface area contributed by atoms with Crippen molar-refractivity contribution in [1.82, 2.24) is 0 Å². The summed E-state index contributed by atoms with van der Waals surface area (Å²) in [6.07, 6.45) is 5.54. The quantitative estimate of drug-likeness (QED) is 0.761. The van der Waals surface area contributed by atoms with E-state index in [1.807, 2.05) is 24.3 Å². The predicted octanol–water partition coefficient (Wildman–Crippen LogP) is 4.89. The van der Waals surface area contributed by atoms with E-state index < -0.39 is 11.1 Å². The number of fused-ring (bicyclic) bond motifs is 5. The van der Waals surface area contributed by atoms with Gasteiger partial charge < -0.3 is 10.2 Å². The number of hydrogen-bond acceptors (Lipinski definition) is 4. The van der Waals surface area contributed by atoms with E-state index in [4.69, 9.17) is 10.2 Å². The van der Waals surface area contributed by atoms with Crippen molar-refractivity contribution in [2.75, 3.05) is 0 Å². The first-order chi connectivity index (χ1) is 12.4. The van der Waals surface area contributed by atoms with Gasteiger partial charge in [0.25, 0.3) is 0 Å². The van der Waals surface area contributed by atoms with E-state index >= 15 is 0 Å². The Labute approximate surface area is 152 Å². The summed E-state index contributed by atoms with van der Waals surface area (Å²) in [7, 11) is 0. The van der Waals surface area contributed by atoms with Gasteiger partial charge in [0.1, 0.15) is 22.6 Å². The third-order valence-corrected chi connectivity index (χ3v) is 7.07. The summed E-state index contributed by atoms with van der Waals surface area (Å²) in [4.78, 5) is 0. The fraction of sp³-hybridized carbons (Fsp3) is 0.364. The van der Waals surface area contributed by atoms with Crippen LogP contribution in [0.2, 0.25) is 0 Å². The van der Waals surface area contributed by atoms with Gasteiger partial charge in [-0.3, -0.25) is 0 Å². The number of azo groups is 1. The molecule has 2 N–H and O–H groups in total. The fourth-order valence-corrected chi connectivity index (χ4v) is 5.91. The fourth-order valence-electron chi connectivity index (χ4n) is 5.91. The van der Waals surface area contributed by atoms with Gasteiger partial charge in [-0.05, 0) is 41.8 Å². The minimum atomic E-state index is -0.448. The van der Waals surface area contributed by atoms with Gasteiger partial charge in [0.15, 0.2) is 0 Å². The standard InChI is InChI=1S/C22H22N2O2/c1-20(2)21(14-6-10-16(25)11-7-14)18-4-3-5-19(18)22(20,24-23-21)15-8-12-17(26)13-9-15/h3-4,6-13,18-19,25-26H,5H2,1-2H3/t18-,19+,21-,22+/m0/s1. The lowest BCUT2D eigenvalue weighted by Crippen LogP contribution is -2.44. The first-order valence-corrected chi connectivity index (χ1v) is 9.13. The number of phenolic OH excluding ortho intramolecular Hbond substituents is 2. The molecule has 2 aromatic carbocycles. The molecule has 26 heavy (non-hydrogen) atoms. The highest BCUT2D eigenvalue weighted by molar-refractivity contribution is 5.48. The van der Waals surface area contributed by atoms with Crippen molar-refractivity contribution in [3.8, 4) is 11.5 Å². The number of allylic oxidation sites excluding steroid dienone is 1. The second-order valence-electron chi connectivity index (χ2n) is 8.25. The molecule has 4 atom stereocenters. The molecular formula is C22H22N2O2. The molecular weight excluding hydrogens is 324 g/mol. The summed E-state index contributed by atoms with van der Waals surface area (Å²) < 4.78 is 0. The van der Waals surface area contributed by atoms with Crippen LogP contribution in [0, 0.1) is 17.3 Å². The lowest BCUT2D eigenvalue weighted by Gasteiger charge is -2.41. The Balaban J connectivity index is 1.77. The molecule has 1 aliphatic heterocycles. The number of phenols is 2. The topological polar surface area (TPSA) is 65.2 Å². The van der Waals surface area contributed by atoms with Gasteiger partial charge in [0, 0.05) is 17.3 Å². The maximum atomic E-state index is 9.75. The van der Waals surface area contributed by atoms with E-state index in [-0.39, 0.29) is 22.8 Å². The highest BCUT2D eigenvalue weighted by Crippen LogP contribution is 2.76. The van der Waals surface area contributed by atoms with E-state index in [1.54, 1.807) is 24.3 Å². The van der Waals surface area contributed by atoms with Crippen LogP contribution in [0.15, 0.2) is 70.9 Å². The van der Waals surface area contributed by atoms with Crippen molar-refractivity contribution in [3.05, 3.63) is 71.8 Å². The van der Waals surface area contributed by atoms with Crippen molar-refractivity contribution < 1.29 is 10.2 Å². The maximum Gasteiger partial charge on any atom is 0.121 e. The van der Waals surface area contributed by atoms with Crippen LogP contribution < -0.4 is 0 Å². The summed E-state index contributed by atoms with van der Waals surface area (Å²) in [6, 6.07) is 14.9. The lowest BCUT2D eigenvalue weighted by atomic mass is 9.61. The van der Waals surface area contributed by atoms with E-state index in [2.05, 4.69) is 26.0 Å². The summed E-state index contributed by atoms with van der Waals surface area (Å²) >= 11 is 0. The predicted molar refractivity (Wildman–Crippen MR) is 98.9 cm³/mol. The summed E-state index contributed by atoms with van der Waals surface area (Å²) in [5.41, 5.74) is 1.10. The molecule has 2 aliphatic carbocycles. The molecule has 0 saturated heterocycles. The van der Waals surface area contributed by atoms with Gasteiger partial charge in [0.2, 0.25) is 0 Å². The van der Waals surface area contributed by atoms with Gasteiger partial charge in [-0.2, -0.15) is 10.2 Å². The third-order valence-electron chi connectivity index (χ3n) is 7.07. The molecule has 0 radical (unpaired) electrons. The number of nitrogens with zero attached hydrogens (tertiary/aromatic N) is 2. The second kappa shape index (κ2) is 4.76. The Morgan fingerprint density at radius 3 is 1.88 bits per heavy atom. The van der Waals surface area contributed by atoms with Crippen LogP contribution in [0.4, 0.5) is 0 Å². The van der Waals surface area contributed by atoms with Crippen molar-refractivity contribution in [3.63, 3.8) is 0 Å². The molecule has 0 spiro atoms. The molecule has 1 saturated carbocycles. The zero-order valence-electron chi connectivity index (χ0n) is 14.9. The Bertz CT molecular complexity index is 930. The lowest BCUT2D eigenvalue weighted by molar-refractivity contribution is 0.150. The number of hydrogen-bond donors (Lipinski definition) is 2. The summed E-state index contributed by atoms with van der Waals surface area (Å²) in [6.45, 7) is 4.53. The van der Waals surface area contributed by atoms with Crippen LogP contribution >= 0.6 is 0 Å². The number of rotatable bonds is 2. The normalized spacial score (nSPS) is 35.8. The van der Waals surface area contributed by atoms with Crippen LogP contribution in [0.3, 0.4) is 0 Å². The van der Waals surface area contributed by atoms with E-state index in [0.717, 1.165) is 17.5 Å². The van der Waals surface area contributed by atoms with Crippen molar-refractivity contribution >= 4 is 0 Å². The molecule has 0 amide bonds. The number of aromatic hydroxyl groups is 2. The molecule has 5 rings (SSSR count). The molecule has 132 valence electrons. The van der Waals surface area contributed by atoms with Crippen molar-refractivity contribution in [2.24, 2.45) is 27.5 Å². The van der Waals surface area contributed by atoms with Gasteiger partial charge in [-0.15, -0.1) is 0 Å². The third kappa shape index (κ3) is 1.52. The van der Waals surface area contributed by atoms with Crippen LogP contribution in [0.5, 0.6) is 11.5 Å². The van der Waals surface area contributed by atoms with Gasteiger partial charge in [-0.1, -0.05) is 50.3 Å². The van der Waals surface area contributed by atoms with Crippen LogP contribution in [0.1, 0.15) is 31.4 Å². The van der Waals surface area contributed by atoms with E-state index in [0.29, 0.717) is 5.92 Å². The molecule has 2 bridgehead atoms. The van der Waals surface area contributed by atoms with Gasteiger partial charge in [0.05, 0.1) is 0 Å². The molecule has 3 aliphatic rings. The Kier molecular flexibility index (Phi) is 2.86. The SMILES string of the molecule is CC1(C)[C@]2(c3ccc(O)cc3)N=N[C@@]1(c1ccc(O)cc1)[C@H]1C=CC[C@H]12. The molecule has 4 nitrogen and oxygen atoms in total. The number of benzene rings is 2. The Hall–Kier alpha value is -2.62. The average molecular weight is 346 g/mol. The van der Waals surface area contributed by atoms with E-state index in [1.165, 1.54) is 0 Å². The first-order valence-electron chi connectivity index (χ1n) is 9.13. The van der Waals surface area contributed by atoms with Crippen molar-refractivity contribution in [2.45, 2.75) is 31.3 Å². The van der Waals surface area contributed by atoms with Gasteiger partial charge in [-0.25, -0.2) is 0 Å². The Morgan fingerprint density at radius 2 is 1.31 bits per heavy atom. The highest BCUT2D eigenvalue weighted by Gasteiger charge is 2.77. The second-order valence-corrected chi connectivity index (χ2v) is 8.25.